The van der Waals surface area contributed by atoms with Crippen molar-refractivity contribution < 1.29 is 4.74 Å². The van der Waals surface area contributed by atoms with Gasteiger partial charge in [-0.15, -0.1) is 5.10 Å². The van der Waals surface area contributed by atoms with Crippen LogP contribution in [0.25, 0.3) is 11.4 Å². The maximum absolute atomic E-state index is 5.18. The van der Waals surface area contributed by atoms with E-state index in [-0.39, 0.29) is 0 Å². The Labute approximate surface area is 141 Å². The van der Waals surface area contributed by atoms with Crippen molar-refractivity contribution in [2.24, 2.45) is 0 Å². The molecule has 1 N–H and O–H groups in total. The van der Waals surface area contributed by atoms with Crippen LogP contribution in [-0.4, -0.2) is 52.6 Å². The van der Waals surface area contributed by atoms with Gasteiger partial charge in [0.15, 0.2) is 5.82 Å². The van der Waals surface area contributed by atoms with E-state index in [1.807, 2.05) is 24.3 Å². The van der Waals surface area contributed by atoms with Crippen LogP contribution >= 0.6 is 11.8 Å². The first-order valence-electron chi connectivity index (χ1n) is 8.16. The Bertz CT molecular complexity index is 613. The van der Waals surface area contributed by atoms with E-state index in [0.717, 1.165) is 34.1 Å². The normalized spacial score (nSPS) is 19.0. The fourth-order valence-electron chi connectivity index (χ4n) is 2.98. The topological polar surface area (TPSA) is 54.0 Å². The molecule has 0 amide bonds. The molecule has 0 saturated carbocycles. The number of likely N-dealkylation sites (tertiary alicyclic amines) is 1. The minimum atomic E-state index is 0.719. The third kappa shape index (κ3) is 4.26. The van der Waals surface area contributed by atoms with E-state index in [4.69, 9.17) is 4.74 Å². The van der Waals surface area contributed by atoms with Crippen LogP contribution in [-0.2, 0) is 0 Å². The molecular weight excluding hydrogens is 308 g/mol. The predicted molar refractivity (Wildman–Crippen MR) is 94.0 cm³/mol. The van der Waals surface area contributed by atoms with Gasteiger partial charge in [0.05, 0.1) is 7.11 Å². The SMILES string of the molecule is COc1ccc(-c2nc(SCCC3CCCCN3C)n[nH]2)cc1. The largest absolute Gasteiger partial charge is 0.497 e. The Balaban J connectivity index is 1.52. The number of benzene rings is 1. The van der Waals surface area contributed by atoms with Gasteiger partial charge in [0.25, 0.3) is 0 Å². The lowest BCUT2D eigenvalue weighted by atomic mass is 10.0. The van der Waals surface area contributed by atoms with Gasteiger partial charge in [-0.1, -0.05) is 18.2 Å². The number of nitrogens with zero attached hydrogens (tertiary/aromatic N) is 3. The van der Waals surface area contributed by atoms with E-state index in [1.54, 1.807) is 18.9 Å². The van der Waals surface area contributed by atoms with Crippen LogP contribution < -0.4 is 4.74 Å². The molecule has 0 bridgehead atoms. The molecule has 1 atom stereocenters. The van der Waals surface area contributed by atoms with Crippen molar-refractivity contribution in [3.63, 3.8) is 0 Å². The van der Waals surface area contributed by atoms with Gasteiger partial charge in [-0.2, -0.15) is 0 Å². The molecule has 23 heavy (non-hydrogen) atoms. The molecule has 6 heteroatoms. The summed E-state index contributed by atoms with van der Waals surface area (Å²) in [6.07, 6.45) is 5.23. The molecule has 1 aliphatic heterocycles. The van der Waals surface area contributed by atoms with Crippen LogP contribution in [0.2, 0.25) is 0 Å². The van der Waals surface area contributed by atoms with E-state index in [2.05, 4.69) is 27.1 Å². The molecule has 1 saturated heterocycles. The van der Waals surface area contributed by atoms with Gasteiger partial charge in [0.1, 0.15) is 5.75 Å². The van der Waals surface area contributed by atoms with E-state index >= 15 is 0 Å². The second-order valence-electron chi connectivity index (χ2n) is 5.96. The molecule has 1 aromatic carbocycles. The molecular formula is C17H24N4OS. The molecule has 0 radical (unpaired) electrons. The van der Waals surface area contributed by atoms with Crippen LogP contribution in [0.15, 0.2) is 29.4 Å². The average molecular weight is 332 g/mol. The van der Waals surface area contributed by atoms with Crippen molar-refractivity contribution in [3.8, 4) is 17.1 Å². The summed E-state index contributed by atoms with van der Waals surface area (Å²) in [6.45, 7) is 1.23. The van der Waals surface area contributed by atoms with Crippen molar-refractivity contribution in [3.05, 3.63) is 24.3 Å². The number of hydrogen-bond donors (Lipinski definition) is 1. The first-order valence-corrected chi connectivity index (χ1v) is 9.14. The highest BCUT2D eigenvalue weighted by Crippen LogP contribution is 2.24. The molecule has 0 spiro atoms. The molecule has 5 nitrogen and oxygen atoms in total. The standard InChI is InChI=1S/C17H24N4OS/c1-21-11-4-3-5-14(21)10-12-23-17-18-16(19-20-17)13-6-8-15(22-2)9-7-13/h6-9,14H,3-5,10-12H2,1-2H3,(H,18,19,20). The Hall–Kier alpha value is -1.53. The number of aromatic nitrogens is 3. The molecule has 1 unspecified atom stereocenters. The molecule has 124 valence electrons. The van der Waals surface area contributed by atoms with Crippen LogP contribution in [0.4, 0.5) is 0 Å². The van der Waals surface area contributed by atoms with E-state index in [0.29, 0.717) is 0 Å². The summed E-state index contributed by atoms with van der Waals surface area (Å²) in [5, 5.41) is 8.17. The Morgan fingerprint density at radius 3 is 2.87 bits per heavy atom. The highest BCUT2D eigenvalue weighted by Gasteiger charge is 2.18. The fourth-order valence-corrected chi connectivity index (χ4v) is 3.82. The maximum Gasteiger partial charge on any atom is 0.208 e. The number of methoxy groups -OCH3 is 1. The summed E-state index contributed by atoms with van der Waals surface area (Å²) in [6, 6.07) is 8.57. The van der Waals surface area contributed by atoms with Crippen molar-refractivity contribution in [2.75, 3.05) is 26.5 Å². The summed E-state index contributed by atoms with van der Waals surface area (Å²) in [4.78, 5) is 7.07. The predicted octanol–water partition coefficient (Wildman–Crippen LogP) is 3.45. The molecule has 2 aromatic rings. The van der Waals surface area contributed by atoms with Crippen LogP contribution in [0.3, 0.4) is 0 Å². The highest BCUT2D eigenvalue weighted by atomic mass is 32.2. The highest BCUT2D eigenvalue weighted by molar-refractivity contribution is 7.99. The summed E-state index contributed by atoms with van der Waals surface area (Å²) in [7, 11) is 3.91. The van der Waals surface area contributed by atoms with Gasteiger partial charge < -0.3 is 9.64 Å². The second kappa shape index (κ2) is 7.84. The summed E-state index contributed by atoms with van der Waals surface area (Å²) in [5.41, 5.74) is 1.03. The van der Waals surface area contributed by atoms with Gasteiger partial charge in [-0.25, -0.2) is 4.98 Å². The number of rotatable bonds is 6. The number of hydrogen-bond acceptors (Lipinski definition) is 5. The number of piperidine rings is 1. The third-order valence-corrected chi connectivity index (χ3v) is 5.31. The van der Waals surface area contributed by atoms with Crippen LogP contribution in [0, 0.1) is 0 Å². The second-order valence-corrected chi connectivity index (χ2v) is 7.02. The zero-order chi connectivity index (χ0) is 16.1. The van der Waals surface area contributed by atoms with Gasteiger partial charge in [-0.3, -0.25) is 5.10 Å². The first-order chi connectivity index (χ1) is 11.3. The number of nitrogens with one attached hydrogen (secondary N) is 1. The quantitative estimate of drug-likeness (QED) is 0.821. The Morgan fingerprint density at radius 2 is 2.13 bits per heavy atom. The molecule has 0 aliphatic carbocycles. The summed E-state index contributed by atoms with van der Waals surface area (Å²) < 4.78 is 5.18. The van der Waals surface area contributed by atoms with E-state index in [1.165, 1.54) is 32.2 Å². The third-order valence-electron chi connectivity index (χ3n) is 4.43. The minimum Gasteiger partial charge on any atom is -0.497 e. The molecule has 1 aliphatic rings. The lowest BCUT2D eigenvalue weighted by Crippen LogP contribution is -2.36. The van der Waals surface area contributed by atoms with Gasteiger partial charge in [-0.05, 0) is 57.1 Å². The maximum atomic E-state index is 5.18. The number of thioether (sulfide) groups is 1. The lowest BCUT2D eigenvalue weighted by molar-refractivity contribution is 0.182. The van der Waals surface area contributed by atoms with Crippen LogP contribution in [0.5, 0.6) is 5.75 Å². The van der Waals surface area contributed by atoms with Crippen molar-refractivity contribution in [1.29, 1.82) is 0 Å². The number of aromatic amines is 1. The Kier molecular flexibility index (Phi) is 5.56. The summed E-state index contributed by atoms with van der Waals surface area (Å²) in [5.74, 6) is 2.72. The average Bonchev–Trinajstić information content (AvgIpc) is 3.06. The molecule has 2 heterocycles. The molecule has 1 fully saturated rings. The number of H-pyrrole nitrogens is 1. The number of ether oxygens (including phenoxy) is 1. The van der Waals surface area contributed by atoms with Crippen molar-refractivity contribution >= 4 is 11.8 Å². The molecule has 1 aromatic heterocycles. The minimum absolute atomic E-state index is 0.719. The van der Waals surface area contributed by atoms with Gasteiger partial charge in [0, 0.05) is 17.4 Å². The van der Waals surface area contributed by atoms with E-state index in [9.17, 15) is 0 Å². The molecule has 3 rings (SSSR count). The lowest BCUT2D eigenvalue weighted by Gasteiger charge is -2.32. The van der Waals surface area contributed by atoms with Crippen molar-refractivity contribution in [2.45, 2.75) is 36.9 Å². The Morgan fingerprint density at radius 1 is 1.30 bits per heavy atom. The zero-order valence-electron chi connectivity index (χ0n) is 13.8. The summed E-state index contributed by atoms with van der Waals surface area (Å²) >= 11 is 1.73. The monoisotopic (exact) mass is 332 g/mol. The van der Waals surface area contributed by atoms with Gasteiger partial charge >= 0.3 is 0 Å². The van der Waals surface area contributed by atoms with E-state index < -0.39 is 0 Å². The fraction of sp³-hybridized carbons (Fsp3) is 0.529. The first kappa shape index (κ1) is 16.3. The zero-order valence-corrected chi connectivity index (χ0v) is 14.6. The smallest absolute Gasteiger partial charge is 0.208 e. The van der Waals surface area contributed by atoms with Gasteiger partial charge in [0.2, 0.25) is 5.16 Å². The van der Waals surface area contributed by atoms with Crippen molar-refractivity contribution in [1.82, 2.24) is 20.1 Å². The van der Waals surface area contributed by atoms with Crippen LogP contribution in [0.1, 0.15) is 25.7 Å².